The van der Waals surface area contributed by atoms with Crippen LogP contribution in [0.3, 0.4) is 0 Å². The Morgan fingerprint density at radius 1 is 1.62 bits per heavy atom. The monoisotopic (exact) mass is 250 g/mol. The minimum atomic E-state index is -2.57. The number of alkyl halides is 3. The molecule has 1 heterocycles. The van der Waals surface area contributed by atoms with Crippen molar-refractivity contribution in [1.29, 1.82) is 0 Å². The van der Waals surface area contributed by atoms with E-state index in [4.69, 9.17) is 5.73 Å². The van der Waals surface area contributed by atoms with Gasteiger partial charge in [-0.25, -0.2) is 13.8 Å². The van der Waals surface area contributed by atoms with Gasteiger partial charge in [0.2, 0.25) is 0 Å². The van der Waals surface area contributed by atoms with E-state index < -0.39 is 6.43 Å². The Hall–Kier alpha value is -0.710. The Labute approximate surface area is 83.3 Å². The van der Waals surface area contributed by atoms with Crippen molar-refractivity contribution in [3.05, 3.63) is 22.9 Å². The lowest BCUT2D eigenvalue weighted by molar-refractivity contribution is 0.145. The van der Waals surface area contributed by atoms with E-state index in [1.54, 1.807) is 13.0 Å². The molecule has 0 amide bonds. The first-order valence-corrected chi connectivity index (χ1v) is 4.78. The second-order valence-electron chi connectivity index (χ2n) is 2.66. The quantitative estimate of drug-likeness (QED) is 0.821. The van der Waals surface area contributed by atoms with E-state index in [2.05, 4.69) is 20.9 Å². The summed E-state index contributed by atoms with van der Waals surface area (Å²) in [6.07, 6.45) is -2.57. The fourth-order valence-electron chi connectivity index (χ4n) is 1.10. The maximum absolute atomic E-state index is 12.4. The first kappa shape index (κ1) is 10.4. The topological polar surface area (TPSA) is 38.9 Å². The van der Waals surface area contributed by atoms with E-state index >= 15 is 0 Å². The molecule has 0 fully saturated rings. The molecule has 0 bridgehead atoms. The van der Waals surface area contributed by atoms with Crippen molar-refractivity contribution < 1.29 is 8.78 Å². The van der Waals surface area contributed by atoms with Gasteiger partial charge in [-0.2, -0.15) is 0 Å². The molecule has 5 heteroatoms. The number of rotatable bonds is 2. The minimum absolute atomic E-state index is 0.137. The van der Waals surface area contributed by atoms with Gasteiger partial charge in [-0.1, -0.05) is 15.9 Å². The number of nitrogen functional groups attached to an aromatic ring is 1. The number of nitrogens with zero attached hydrogens (tertiary/aromatic N) is 1. The van der Waals surface area contributed by atoms with Crippen LogP contribution in [0.4, 0.5) is 14.6 Å². The molecule has 0 aromatic carbocycles. The Morgan fingerprint density at radius 2 is 2.23 bits per heavy atom. The van der Waals surface area contributed by atoms with E-state index in [1.807, 2.05) is 0 Å². The summed E-state index contributed by atoms with van der Waals surface area (Å²) >= 11 is 3.14. The molecule has 0 atom stereocenters. The normalized spacial score (nSPS) is 10.8. The maximum Gasteiger partial charge on any atom is 0.280 e. The highest BCUT2D eigenvalue weighted by Crippen LogP contribution is 2.26. The Morgan fingerprint density at radius 3 is 2.69 bits per heavy atom. The lowest BCUT2D eigenvalue weighted by Gasteiger charge is -2.09. The van der Waals surface area contributed by atoms with E-state index in [0.717, 1.165) is 5.56 Å². The van der Waals surface area contributed by atoms with Crippen LogP contribution in [0.2, 0.25) is 0 Å². The number of hydrogen-bond acceptors (Lipinski definition) is 2. The van der Waals surface area contributed by atoms with Gasteiger partial charge in [-0.05, 0) is 24.1 Å². The largest absolute Gasteiger partial charge is 0.384 e. The fourth-order valence-corrected chi connectivity index (χ4v) is 1.83. The number of aryl methyl sites for hydroxylation is 1. The number of pyridine rings is 1. The predicted octanol–water partition coefficient (Wildman–Crippen LogP) is 2.80. The molecule has 72 valence electrons. The van der Waals surface area contributed by atoms with E-state index in [0.29, 0.717) is 10.9 Å². The number of aromatic nitrogens is 1. The number of nitrogens with two attached hydrogens (primary N) is 1. The maximum atomic E-state index is 12.4. The Balaban J connectivity index is 3.29. The first-order valence-electron chi connectivity index (χ1n) is 3.66. The average molecular weight is 251 g/mol. The molecule has 13 heavy (non-hydrogen) atoms. The second-order valence-corrected chi connectivity index (χ2v) is 3.22. The highest BCUT2D eigenvalue weighted by atomic mass is 79.9. The van der Waals surface area contributed by atoms with E-state index in [-0.39, 0.29) is 11.5 Å². The van der Waals surface area contributed by atoms with Crippen LogP contribution < -0.4 is 5.73 Å². The summed E-state index contributed by atoms with van der Waals surface area (Å²) < 4.78 is 24.9. The summed E-state index contributed by atoms with van der Waals surface area (Å²) in [5.41, 5.74) is 6.39. The minimum Gasteiger partial charge on any atom is -0.384 e. The highest BCUT2D eigenvalue weighted by Gasteiger charge is 2.16. The van der Waals surface area contributed by atoms with Crippen molar-refractivity contribution in [3.63, 3.8) is 0 Å². The summed E-state index contributed by atoms with van der Waals surface area (Å²) in [6, 6.07) is 1.59. The molecule has 1 rings (SSSR count). The molecule has 0 radical (unpaired) electrons. The lowest BCUT2D eigenvalue weighted by Crippen LogP contribution is -2.03. The van der Waals surface area contributed by atoms with Gasteiger partial charge in [-0.3, -0.25) is 0 Å². The van der Waals surface area contributed by atoms with Crippen molar-refractivity contribution in [2.75, 3.05) is 5.73 Å². The second kappa shape index (κ2) is 4.00. The number of halogens is 3. The van der Waals surface area contributed by atoms with Gasteiger partial charge in [0.1, 0.15) is 11.5 Å². The van der Waals surface area contributed by atoms with Crippen LogP contribution in [-0.2, 0) is 5.33 Å². The summed E-state index contributed by atoms with van der Waals surface area (Å²) in [7, 11) is 0. The van der Waals surface area contributed by atoms with Crippen LogP contribution in [0.25, 0.3) is 0 Å². The van der Waals surface area contributed by atoms with Crippen LogP contribution in [0.15, 0.2) is 6.07 Å². The van der Waals surface area contributed by atoms with Crippen LogP contribution in [-0.4, -0.2) is 4.98 Å². The van der Waals surface area contributed by atoms with Crippen molar-refractivity contribution in [3.8, 4) is 0 Å². The molecule has 0 unspecified atom stereocenters. The smallest absolute Gasteiger partial charge is 0.280 e. The molecule has 0 aliphatic carbocycles. The zero-order chi connectivity index (χ0) is 10.0. The van der Waals surface area contributed by atoms with Crippen LogP contribution in [0, 0.1) is 6.92 Å². The van der Waals surface area contributed by atoms with Crippen LogP contribution in [0.5, 0.6) is 0 Å². The standard InChI is InChI=1S/C8H9BrF2N2/c1-4-2-6(12)13-7(8(10)11)5(4)3-9/h2,8H,3H2,1H3,(H2,12,13). The molecule has 2 nitrogen and oxygen atoms in total. The van der Waals surface area contributed by atoms with E-state index in [1.165, 1.54) is 0 Å². The molecule has 0 aliphatic rings. The van der Waals surface area contributed by atoms with Gasteiger partial charge in [0, 0.05) is 5.33 Å². The Bertz CT molecular complexity index is 315. The molecule has 0 aliphatic heterocycles. The molecular formula is C8H9BrF2N2. The molecule has 0 spiro atoms. The van der Waals surface area contributed by atoms with Gasteiger partial charge in [-0.15, -0.1) is 0 Å². The Kier molecular flexibility index (Phi) is 3.19. The molecule has 0 saturated carbocycles. The van der Waals surface area contributed by atoms with Crippen molar-refractivity contribution in [2.24, 2.45) is 0 Å². The van der Waals surface area contributed by atoms with Crippen molar-refractivity contribution >= 4 is 21.7 Å². The summed E-state index contributed by atoms with van der Waals surface area (Å²) in [5.74, 6) is 0.137. The molecule has 2 N–H and O–H groups in total. The van der Waals surface area contributed by atoms with Crippen LogP contribution >= 0.6 is 15.9 Å². The first-order chi connectivity index (χ1) is 6.06. The molecule has 1 aromatic rings. The van der Waals surface area contributed by atoms with Crippen molar-refractivity contribution in [1.82, 2.24) is 4.98 Å². The molecule has 0 saturated heterocycles. The third kappa shape index (κ3) is 2.15. The zero-order valence-corrected chi connectivity index (χ0v) is 8.61. The lowest BCUT2D eigenvalue weighted by atomic mass is 10.1. The fraction of sp³-hybridized carbons (Fsp3) is 0.375. The molecular weight excluding hydrogens is 242 g/mol. The number of anilines is 1. The summed E-state index contributed by atoms with van der Waals surface area (Å²) in [6.45, 7) is 1.74. The average Bonchev–Trinajstić information content (AvgIpc) is 2.02. The third-order valence-corrected chi connectivity index (χ3v) is 2.30. The van der Waals surface area contributed by atoms with Gasteiger partial charge < -0.3 is 5.73 Å². The summed E-state index contributed by atoms with van der Waals surface area (Å²) in [5, 5.41) is 0.367. The van der Waals surface area contributed by atoms with Gasteiger partial charge in [0.05, 0.1) is 0 Å². The van der Waals surface area contributed by atoms with Gasteiger partial charge in [0.25, 0.3) is 6.43 Å². The van der Waals surface area contributed by atoms with Crippen LogP contribution in [0.1, 0.15) is 23.2 Å². The van der Waals surface area contributed by atoms with Gasteiger partial charge >= 0.3 is 0 Å². The van der Waals surface area contributed by atoms with E-state index in [9.17, 15) is 8.78 Å². The zero-order valence-electron chi connectivity index (χ0n) is 7.02. The number of hydrogen-bond donors (Lipinski definition) is 1. The van der Waals surface area contributed by atoms with Crippen molar-refractivity contribution in [2.45, 2.75) is 18.7 Å². The van der Waals surface area contributed by atoms with Gasteiger partial charge in [0.15, 0.2) is 0 Å². The third-order valence-electron chi connectivity index (χ3n) is 1.74. The molecule has 1 aromatic heterocycles. The SMILES string of the molecule is Cc1cc(N)nc(C(F)F)c1CBr. The highest BCUT2D eigenvalue weighted by molar-refractivity contribution is 9.08. The predicted molar refractivity (Wildman–Crippen MR) is 51.0 cm³/mol. The summed E-state index contributed by atoms with van der Waals surface area (Å²) in [4.78, 5) is 3.60.